The number of aliphatic hydroxyl groups is 3. The predicted molar refractivity (Wildman–Crippen MR) is 73.0 cm³/mol. The third-order valence-electron chi connectivity index (χ3n) is 3.03. The number of aliphatic hydroxyl groups excluding tert-OH is 3. The van der Waals surface area contributed by atoms with E-state index in [1.807, 2.05) is 30.3 Å². The van der Waals surface area contributed by atoms with E-state index in [-0.39, 0.29) is 0 Å². The van der Waals surface area contributed by atoms with Gasteiger partial charge in [0.2, 0.25) is 0 Å². The smallest absolute Gasteiger partial charge is 0.119 e. The highest BCUT2D eigenvalue weighted by molar-refractivity contribution is 7.99. The van der Waals surface area contributed by atoms with E-state index < -0.39 is 36.4 Å². The third-order valence-corrected chi connectivity index (χ3v) is 4.20. The zero-order valence-electron chi connectivity index (χ0n) is 10.5. The second-order valence-electron chi connectivity index (χ2n) is 4.33. The molecule has 0 saturated carbocycles. The first kappa shape index (κ1) is 15.1. The van der Waals surface area contributed by atoms with Crippen molar-refractivity contribution >= 4 is 11.8 Å². The van der Waals surface area contributed by atoms with E-state index in [1.54, 1.807) is 0 Å². The van der Waals surface area contributed by atoms with Crippen LogP contribution >= 0.6 is 11.8 Å². The predicted octanol–water partition coefficient (Wildman–Crippen LogP) is 0.897. The van der Waals surface area contributed by atoms with Crippen molar-refractivity contribution in [1.29, 1.82) is 0 Å². The molecular formula is C12H15N3O4S. The van der Waals surface area contributed by atoms with Crippen molar-refractivity contribution in [2.45, 2.75) is 34.7 Å². The standard InChI is InChI=1S/C12H15N3O4S/c13-15-14-9-11(18)10(17)8(6-16)19-12(9)20-7-4-2-1-3-5-7/h1-5,8-12,16-18H,6H2/t8-,9-,10-,11-,12?/m1/s1/i12+1. The minimum Gasteiger partial charge on any atom is -0.394 e. The SMILES string of the molecule is [N-]=[N+]=N[C@@H]1[C@@H](O)[C@H](O)[C@@H](CO)O[13CH]1Sc1ccccc1. The zero-order valence-corrected chi connectivity index (χ0v) is 11.3. The van der Waals surface area contributed by atoms with Crippen molar-refractivity contribution in [2.75, 3.05) is 6.61 Å². The van der Waals surface area contributed by atoms with Gasteiger partial charge in [0.05, 0.1) is 12.7 Å². The van der Waals surface area contributed by atoms with Gasteiger partial charge in [-0.3, -0.25) is 0 Å². The maximum Gasteiger partial charge on any atom is 0.119 e. The van der Waals surface area contributed by atoms with E-state index in [0.717, 1.165) is 4.90 Å². The minimum atomic E-state index is -1.29. The average molecular weight is 298 g/mol. The van der Waals surface area contributed by atoms with Crippen LogP contribution in [0.4, 0.5) is 0 Å². The van der Waals surface area contributed by atoms with Crippen LogP contribution in [0.2, 0.25) is 0 Å². The summed E-state index contributed by atoms with van der Waals surface area (Å²) < 4.78 is 5.53. The molecule has 0 bridgehead atoms. The summed E-state index contributed by atoms with van der Waals surface area (Å²) in [6.07, 6.45) is -3.47. The van der Waals surface area contributed by atoms with Crippen LogP contribution in [0.3, 0.4) is 0 Å². The van der Waals surface area contributed by atoms with E-state index >= 15 is 0 Å². The van der Waals surface area contributed by atoms with Crippen LogP contribution in [0.1, 0.15) is 0 Å². The highest BCUT2D eigenvalue weighted by Gasteiger charge is 2.44. The molecule has 0 amide bonds. The Morgan fingerprint density at radius 1 is 1.25 bits per heavy atom. The molecule has 0 aliphatic carbocycles. The average Bonchev–Trinajstić information content (AvgIpc) is 2.47. The summed E-state index contributed by atoms with van der Waals surface area (Å²) in [7, 11) is 0. The van der Waals surface area contributed by atoms with Crippen LogP contribution in [0.25, 0.3) is 10.4 Å². The lowest BCUT2D eigenvalue weighted by molar-refractivity contribution is -0.165. The maximum atomic E-state index is 10.00. The first-order valence-electron chi connectivity index (χ1n) is 6.05. The first-order chi connectivity index (χ1) is 9.67. The van der Waals surface area contributed by atoms with Gasteiger partial charge in [-0.25, -0.2) is 0 Å². The first-order valence-corrected chi connectivity index (χ1v) is 6.93. The molecule has 7 nitrogen and oxygen atoms in total. The maximum absolute atomic E-state index is 10.00. The second-order valence-corrected chi connectivity index (χ2v) is 5.50. The molecule has 1 aliphatic rings. The fourth-order valence-electron chi connectivity index (χ4n) is 1.98. The topological polar surface area (TPSA) is 119 Å². The Kier molecular flexibility index (Phi) is 5.24. The minimum absolute atomic E-state index is 0.424. The number of benzene rings is 1. The molecule has 20 heavy (non-hydrogen) atoms. The lowest BCUT2D eigenvalue weighted by atomic mass is 10.0. The largest absolute Gasteiger partial charge is 0.394 e. The van der Waals surface area contributed by atoms with Gasteiger partial charge in [-0.1, -0.05) is 35.1 Å². The quantitative estimate of drug-likeness (QED) is 0.330. The normalized spacial score (nSPS) is 33.5. The number of azide groups is 1. The summed E-state index contributed by atoms with van der Waals surface area (Å²) in [5.41, 5.74) is 7.90. The van der Waals surface area contributed by atoms with Crippen LogP contribution < -0.4 is 0 Å². The molecule has 0 aromatic heterocycles. The highest BCUT2D eigenvalue weighted by Crippen LogP contribution is 2.34. The van der Waals surface area contributed by atoms with Gasteiger partial charge in [0.1, 0.15) is 23.7 Å². The second kappa shape index (κ2) is 6.94. The Morgan fingerprint density at radius 3 is 2.55 bits per heavy atom. The molecular weight excluding hydrogens is 283 g/mol. The molecule has 5 atom stereocenters. The van der Waals surface area contributed by atoms with Crippen LogP contribution in [0.5, 0.6) is 0 Å². The molecule has 1 aliphatic heterocycles. The number of nitrogens with zero attached hydrogens (tertiary/aromatic N) is 3. The number of hydrogen-bond acceptors (Lipinski definition) is 6. The van der Waals surface area contributed by atoms with Gasteiger partial charge in [0, 0.05) is 9.81 Å². The van der Waals surface area contributed by atoms with Gasteiger partial charge < -0.3 is 20.1 Å². The van der Waals surface area contributed by atoms with Gasteiger partial charge in [0.25, 0.3) is 0 Å². The molecule has 3 N–H and O–H groups in total. The number of hydrogen-bond donors (Lipinski definition) is 3. The van der Waals surface area contributed by atoms with Crippen LogP contribution in [0, 0.1) is 0 Å². The molecule has 0 spiro atoms. The zero-order chi connectivity index (χ0) is 14.5. The fraction of sp³-hybridized carbons (Fsp3) is 0.500. The molecule has 1 aromatic carbocycles. The van der Waals surface area contributed by atoms with Crippen LogP contribution in [0.15, 0.2) is 40.3 Å². The summed E-state index contributed by atoms with van der Waals surface area (Å²) >= 11 is 1.27. The molecule has 1 saturated heterocycles. The number of thioether (sulfide) groups is 1. The third kappa shape index (κ3) is 3.24. The van der Waals surface area contributed by atoms with E-state index in [1.165, 1.54) is 11.8 Å². The lowest BCUT2D eigenvalue weighted by Crippen LogP contribution is -2.56. The molecule has 1 fully saturated rings. The number of rotatable bonds is 4. The number of ether oxygens (including phenoxy) is 1. The summed E-state index contributed by atoms with van der Waals surface area (Å²) in [6, 6.07) is 8.35. The Bertz CT molecular complexity index is 483. The van der Waals surface area contributed by atoms with Crippen molar-refractivity contribution < 1.29 is 20.1 Å². The van der Waals surface area contributed by atoms with Gasteiger partial charge in [0.15, 0.2) is 0 Å². The molecule has 0 radical (unpaired) electrons. The van der Waals surface area contributed by atoms with Gasteiger partial charge in [-0.15, -0.1) is 0 Å². The Labute approximate surface area is 119 Å². The fourth-order valence-corrected chi connectivity index (χ4v) is 3.12. The van der Waals surface area contributed by atoms with Crippen molar-refractivity contribution in [3.63, 3.8) is 0 Å². The Hall–Kier alpha value is -1.28. The molecule has 1 unspecified atom stereocenters. The summed E-state index contributed by atoms with van der Waals surface area (Å²) in [6.45, 7) is -0.424. The van der Waals surface area contributed by atoms with E-state index in [2.05, 4.69) is 10.0 Å². The molecule has 108 valence electrons. The summed E-state index contributed by atoms with van der Waals surface area (Å²) in [5.74, 6) is 0. The van der Waals surface area contributed by atoms with Gasteiger partial charge >= 0.3 is 0 Å². The van der Waals surface area contributed by atoms with E-state index in [9.17, 15) is 15.3 Å². The summed E-state index contributed by atoms with van der Waals surface area (Å²) in [5, 5.41) is 32.5. The lowest BCUT2D eigenvalue weighted by Gasteiger charge is -2.40. The van der Waals surface area contributed by atoms with Crippen LogP contribution in [-0.4, -0.2) is 51.7 Å². The van der Waals surface area contributed by atoms with Gasteiger partial charge in [-0.2, -0.15) is 0 Å². The van der Waals surface area contributed by atoms with E-state index in [0.29, 0.717) is 0 Å². The van der Waals surface area contributed by atoms with Crippen LogP contribution in [-0.2, 0) is 4.74 Å². The van der Waals surface area contributed by atoms with Gasteiger partial charge in [-0.05, 0) is 17.7 Å². The molecule has 1 heterocycles. The van der Waals surface area contributed by atoms with Crippen molar-refractivity contribution in [3.8, 4) is 0 Å². The molecule has 1 aromatic rings. The van der Waals surface area contributed by atoms with Crippen molar-refractivity contribution in [2.24, 2.45) is 5.11 Å². The monoisotopic (exact) mass is 298 g/mol. The summed E-state index contributed by atoms with van der Waals surface area (Å²) in [4.78, 5) is 3.56. The molecule has 8 heteroatoms. The highest BCUT2D eigenvalue weighted by atomic mass is 32.2. The Balaban J connectivity index is 2.20. The Morgan fingerprint density at radius 2 is 1.95 bits per heavy atom. The van der Waals surface area contributed by atoms with Crippen molar-refractivity contribution in [1.82, 2.24) is 0 Å². The van der Waals surface area contributed by atoms with E-state index in [4.69, 9.17) is 10.3 Å². The molecule has 2 rings (SSSR count). The van der Waals surface area contributed by atoms with Crippen molar-refractivity contribution in [3.05, 3.63) is 40.8 Å².